The Labute approximate surface area is 120 Å². The number of carboxylic acid groups (broad SMARTS) is 1. The molecule has 1 aliphatic carbocycles. The van der Waals surface area contributed by atoms with Crippen LogP contribution in [0.25, 0.3) is 0 Å². The van der Waals surface area contributed by atoms with Gasteiger partial charge in [0.2, 0.25) is 5.91 Å². The van der Waals surface area contributed by atoms with Crippen LogP contribution >= 0.6 is 0 Å². The van der Waals surface area contributed by atoms with Crippen molar-refractivity contribution in [3.63, 3.8) is 0 Å². The van der Waals surface area contributed by atoms with Gasteiger partial charge in [0.25, 0.3) is 0 Å². The van der Waals surface area contributed by atoms with Crippen molar-refractivity contribution in [3.8, 4) is 0 Å². The molecule has 1 aliphatic heterocycles. The molecule has 0 bridgehead atoms. The average molecular weight is 282 g/mol. The van der Waals surface area contributed by atoms with Gasteiger partial charge in [-0.1, -0.05) is 26.2 Å². The molecule has 0 aromatic carbocycles. The lowest BCUT2D eigenvalue weighted by Gasteiger charge is -2.35. The minimum Gasteiger partial charge on any atom is -0.481 e. The van der Waals surface area contributed by atoms with Crippen LogP contribution in [0, 0.1) is 5.41 Å². The van der Waals surface area contributed by atoms with E-state index in [1.165, 1.54) is 0 Å². The Bertz CT molecular complexity index is 369. The summed E-state index contributed by atoms with van der Waals surface area (Å²) in [5.41, 5.74) is -0.838. The Morgan fingerprint density at radius 3 is 2.45 bits per heavy atom. The molecule has 114 valence electrons. The van der Waals surface area contributed by atoms with Crippen LogP contribution in [0.5, 0.6) is 0 Å². The molecule has 2 aliphatic rings. The summed E-state index contributed by atoms with van der Waals surface area (Å²) in [6, 6.07) is 0. The summed E-state index contributed by atoms with van der Waals surface area (Å²) in [6.45, 7) is 3.69. The van der Waals surface area contributed by atoms with Crippen molar-refractivity contribution in [2.75, 3.05) is 13.1 Å². The zero-order valence-electron chi connectivity index (χ0n) is 12.3. The third-order valence-electron chi connectivity index (χ3n) is 4.88. The smallest absolute Gasteiger partial charge is 0.305 e. The van der Waals surface area contributed by atoms with Gasteiger partial charge in [0.1, 0.15) is 0 Å². The number of carboxylic acids is 1. The monoisotopic (exact) mass is 282 g/mol. The predicted molar refractivity (Wildman–Crippen MR) is 76.4 cm³/mol. The van der Waals surface area contributed by atoms with Gasteiger partial charge in [0, 0.05) is 6.54 Å². The molecule has 3 N–H and O–H groups in total. The first-order chi connectivity index (χ1) is 9.52. The summed E-state index contributed by atoms with van der Waals surface area (Å²) >= 11 is 0. The summed E-state index contributed by atoms with van der Waals surface area (Å²) in [5, 5.41) is 15.5. The second-order valence-electron chi connectivity index (χ2n) is 6.47. The van der Waals surface area contributed by atoms with Crippen molar-refractivity contribution in [2.24, 2.45) is 5.41 Å². The molecule has 1 amide bonds. The zero-order chi connectivity index (χ0) is 14.6. The quantitative estimate of drug-likeness (QED) is 0.692. The van der Waals surface area contributed by atoms with Gasteiger partial charge in [0.05, 0.1) is 17.4 Å². The van der Waals surface area contributed by atoms with Gasteiger partial charge in [0.15, 0.2) is 0 Å². The second-order valence-corrected chi connectivity index (χ2v) is 6.47. The molecule has 2 fully saturated rings. The predicted octanol–water partition coefficient (Wildman–Crippen LogP) is 1.67. The Kier molecular flexibility index (Phi) is 4.68. The highest BCUT2D eigenvalue weighted by Crippen LogP contribution is 2.36. The lowest BCUT2D eigenvalue weighted by Crippen LogP contribution is -2.54. The fourth-order valence-corrected chi connectivity index (χ4v) is 3.80. The number of carbonyl (C=O) groups is 2. The van der Waals surface area contributed by atoms with E-state index in [4.69, 9.17) is 5.11 Å². The van der Waals surface area contributed by atoms with Crippen LogP contribution in [-0.2, 0) is 9.59 Å². The average Bonchev–Trinajstić information content (AvgIpc) is 2.99. The lowest BCUT2D eigenvalue weighted by molar-refractivity contribution is -0.140. The van der Waals surface area contributed by atoms with Gasteiger partial charge in [-0.3, -0.25) is 9.59 Å². The maximum absolute atomic E-state index is 12.8. The van der Waals surface area contributed by atoms with Crippen molar-refractivity contribution in [1.82, 2.24) is 10.6 Å². The van der Waals surface area contributed by atoms with Crippen LogP contribution < -0.4 is 10.6 Å². The van der Waals surface area contributed by atoms with E-state index < -0.39 is 11.5 Å². The van der Waals surface area contributed by atoms with E-state index in [1.807, 2.05) is 0 Å². The maximum atomic E-state index is 12.8. The fraction of sp³-hybridized carbons (Fsp3) is 0.867. The van der Waals surface area contributed by atoms with Crippen LogP contribution in [0.4, 0.5) is 0 Å². The van der Waals surface area contributed by atoms with Crippen molar-refractivity contribution in [3.05, 3.63) is 0 Å². The highest BCUT2D eigenvalue weighted by atomic mass is 16.4. The van der Waals surface area contributed by atoms with Gasteiger partial charge in [-0.2, -0.15) is 0 Å². The highest BCUT2D eigenvalue weighted by molar-refractivity contribution is 5.84. The molecule has 5 heteroatoms. The molecule has 1 heterocycles. The van der Waals surface area contributed by atoms with E-state index in [9.17, 15) is 9.59 Å². The first kappa shape index (κ1) is 15.3. The van der Waals surface area contributed by atoms with Crippen LogP contribution in [0.15, 0.2) is 0 Å². The first-order valence-electron chi connectivity index (χ1n) is 7.77. The number of aliphatic carboxylic acids is 1. The molecule has 0 aromatic rings. The maximum Gasteiger partial charge on any atom is 0.305 e. The van der Waals surface area contributed by atoms with E-state index in [0.717, 1.165) is 58.0 Å². The largest absolute Gasteiger partial charge is 0.481 e. The molecule has 1 unspecified atom stereocenters. The second kappa shape index (κ2) is 6.12. The number of amides is 1. The molecular weight excluding hydrogens is 256 g/mol. The number of hydrogen-bond donors (Lipinski definition) is 3. The Hall–Kier alpha value is -1.10. The molecule has 1 atom stereocenters. The van der Waals surface area contributed by atoms with Crippen molar-refractivity contribution < 1.29 is 14.7 Å². The summed E-state index contributed by atoms with van der Waals surface area (Å²) in [5.74, 6) is -0.756. The van der Waals surface area contributed by atoms with E-state index in [0.29, 0.717) is 0 Å². The number of nitrogens with one attached hydrogen (secondary N) is 2. The molecule has 5 nitrogen and oxygen atoms in total. The Morgan fingerprint density at radius 1 is 1.25 bits per heavy atom. The Balaban J connectivity index is 2.09. The van der Waals surface area contributed by atoms with Gasteiger partial charge in [-0.25, -0.2) is 0 Å². The molecule has 1 saturated heterocycles. The van der Waals surface area contributed by atoms with Crippen LogP contribution in [-0.4, -0.2) is 35.6 Å². The summed E-state index contributed by atoms with van der Waals surface area (Å²) in [7, 11) is 0. The first-order valence-corrected chi connectivity index (χ1v) is 7.77. The molecule has 0 radical (unpaired) electrons. The van der Waals surface area contributed by atoms with Crippen molar-refractivity contribution in [2.45, 2.75) is 63.8 Å². The molecule has 2 rings (SSSR count). The summed E-state index contributed by atoms with van der Waals surface area (Å²) in [4.78, 5) is 23.9. The van der Waals surface area contributed by atoms with E-state index in [1.54, 1.807) is 0 Å². The van der Waals surface area contributed by atoms with Gasteiger partial charge in [-0.15, -0.1) is 0 Å². The minimum atomic E-state index is -0.818. The number of carbonyl (C=O) groups excluding carboxylic acids is 1. The van der Waals surface area contributed by atoms with Crippen LogP contribution in [0.3, 0.4) is 0 Å². The third kappa shape index (κ3) is 3.14. The number of rotatable bonds is 6. The Morgan fingerprint density at radius 2 is 1.95 bits per heavy atom. The highest BCUT2D eigenvalue weighted by Gasteiger charge is 2.45. The fourth-order valence-electron chi connectivity index (χ4n) is 3.80. The molecule has 20 heavy (non-hydrogen) atoms. The summed E-state index contributed by atoms with van der Waals surface area (Å²) in [6.07, 6.45) is 6.35. The van der Waals surface area contributed by atoms with Gasteiger partial charge >= 0.3 is 5.97 Å². The minimum absolute atomic E-state index is 0.0500. The third-order valence-corrected chi connectivity index (χ3v) is 4.88. The van der Waals surface area contributed by atoms with E-state index in [-0.39, 0.29) is 17.7 Å². The lowest BCUT2D eigenvalue weighted by atomic mass is 9.80. The molecular formula is C15H26N2O3. The molecule has 0 spiro atoms. The SMILES string of the molecule is CCCC1(C(=O)NC2(CC(=O)O)CCCC2)CCNC1. The van der Waals surface area contributed by atoms with E-state index in [2.05, 4.69) is 17.6 Å². The van der Waals surface area contributed by atoms with Gasteiger partial charge < -0.3 is 15.7 Å². The topological polar surface area (TPSA) is 78.4 Å². The zero-order valence-corrected chi connectivity index (χ0v) is 12.3. The normalized spacial score (nSPS) is 28.4. The van der Waals surface area contributed by atoms with Crippen LogP contribution in [0.2, 0.25) is 0 Å². The molecule has 0 aromatic heterocycles. The van der Waals surface area contributed by atoms with Gasteiger partial charge in [-0.05, 0) is 32.2 Å². The molecule has 1 saturated carbocycles. The van der Waals surface area contributed by atoms with Crippen molar-refractivity contribution in [1.29, 1.82) is 0 Å². The van der Waals surface area contributed by atoms with E-state index >= 15 is 0 Å². The summed E-state index contributed by atoms with van der Waals surface area (Å²) < 4.78 is 0. The van der Waals surface area contributed by atoms with Crippen molar-refractivity contribution >= 4 is 11.9 Å². The number of hydrogen-bond acceptors (Lipinski definition) is 3. The standard InChI is InChI=1S/C15H26N2O3/c1-2-5-14(8-9-16-11-14)13(20)17-15(10-12(18)19)6-3-4-7-15/h16H,2-11H2,1H3,(H,17,20)(H,18,19). The van der Waals surface area contributed by atoms with Crippen LogP contribution in [0.1, 0.15) is 58.3 Å².